The number of nitrogens with zero attached hydrogens (tertiary/aromatic N) is 3. The van der Waals surface area contributed by atoms with E-state index < -0.39 is 4.92 Å². The Morgan fingerprint density at radius 2 is 1.96 bits per heavy atom. The van der Waals surface area contributed by atoms with Gasteiger partial charge in [0, 0.05) is 24.4 Å². The summed E-state index contributed by atoms with van der Waals surface area (Å²) in [5.74, 6) is 0.803. The lowest BCUT2D eigenvalue weighted by atomic mass is 10.2. The van der Waals surface area contributed by atoms with Gasteiger partial charge in [-0.05, 0) is 23.6 Å². The fourth-order valence-corrected chi connectivity index (χ4v) is 3.64. The van der Waals surface area contributed by atoms with Gasteiger partial charge < -0.3 is 0 Å². The first-order chi connectivity index (χ1) is 12.5. The highest BCUT2D eigenvalue weighted by atomic mass is 32.2. The highest BCUT2D eigenvalue weighted by Gasteiger charge is 2.13. The molecule has 26 heavy (non-hydrogen) atoms. The molecule has 0 spiro atoms. The zero-order valence-corrected chi connectivity index (χ0v) is 15.4. The van der Waals surface area contributed by atoms with E-state index in [0.29, 0.717) is 34.3 Å². The molecule has 0 aliphatic heterocycles. The molecule has 0 unspecified atom stereocenters. The first-order valence-corrected chi connectivity index (χ1v) is 9.30. The number of fused-ring (bicyclic) bond motifs is 1. The number of hydrogen-bond acceptors (Lipinski definition) is 5. The van der Waals surface area contributed by atoms with Gasteiger partial charge in [-0.2, -0.15) is 0 Å². The predicted molar refractivity (Wildman–Crippen MR) is 103 cm³/mol. The molecular formula is C19H19N3O3S. The van der Waals surface area contributed by atoms with E-state index in [0.717, 1.165) is 5.56 Å². The number of nitro benzene ring substituents is 1. The van der Waals surface area contributed by atoms with Crippen LogP contribution in [-0.2, 0) is 12.3 Å². The van der Waals surface area contributed by atoms with Crippen molar-refractivity contribution in [2.45, 2.75) is 31.3 Å². The quantitative estimate of drug-likeness (QED) is 0.281. The lowest BCUT2D eigenvalue weighted by Gasteiger charge is -2.15. The van der Waals surface area contributed by atoms with Gasteiger partial charge in [-0.25, -0.2) is 4.98 Å². The second-order valence-electron chi connectivity index (χ2n) is 6.44. The van der Waals surface area contributed by atoms with Crippen molar-refractivity contribution in [1.82, 2.24) is 9.55 Å². The van der Waals surface area contributed by atoms with Crippen LogP contribution in [0, 0.1) is 16.0 Å². The smallest absolute Gasteiger partial charge is 0.269 e. The number of benzene rings is 2. The van der Waals surface area contributed by atoms with Crippen LogP contribution in [-0.4, -0.2) is 14.5 Å². The standard InChI is InChI=1S/C19H19N3O3S/c1-13(2)11-21-18(23)16-8-3-4-9-17(16)20-19(21)26-12-14-6-5-7-15(10-14)22(24)25/h3-10,13H,11-12H2,1-2H3. The molecule has 0 aliphatic rings. The number of non-ortho nitro benzene ring substituents is 1. The monoisotopic (exact) mass is 369 g/mol. The summed E-state index contributed by atoms with van der Waals surface area (Å²) < 4.78 is 1.70. The van der Waals surface area contributed by atoms with Gasteiger partial charge in [0.15, 0.2) is 5.16 Å². The van der Waals surface area contributed by atoms with E-state index in [1.807, 2.05) is 24.3 Å². The van der Waals surface area contributed by atoms with Crippen molar-refractivity contribution in [3.05, 3.63) is 74.6 Å². The molecule has 0 saturated heterocycles. The van der Waals surface area contributed by atoms with Crippen LogP contribution in [0.5, 0.6) is 0 Å². The molecule has 1 aromatic heterocycles. The van der Waals surface area contributed by atoms with Crippen molar-refractivity contribution < 1.29 is 4.92 Å². The fraction of sp³-hybridized carbons (Fsp3) is 0.263. The molecule has 3 aromatic rings. The molecule has 6 nitrogen and oxygen atoms in total. The van der Waals surface area contributed by atoms with Gasteiger partial charge in [0.2, 0.25) is 0 Å². The Labute approximate surface area is 155 Å². The Kier molecular flexibility index (Phi) is 5.37. The SMILES string of the molecule is CC(C)Cn1c(SCc2cccc([N+](=O)[O-])c2)nc2ccccc2c1=O. The van der Waals surface area contributed by atoms with Gasteiger partial charge in [-0.3, -0.25) is 19.5 Å². The molecule has 0 fully saturated rings. The van der Waals surface area contributed by atoms with Gasteiger partial charge in [-0.1, -0.05) is 49.9 Å². The first kappa shape index (κ1) is 18.1. The minimum absolute atomic E-state index is 0.0501. The summed E-state index contributed by atoms with van der Waals surface area (Å²) in [6, 6.07) is 13.8. The third kappa shape index (κ3) is 3.94. The van der Waals surface area contributed by atoms with Crippen molar-refractivity contribution in [1.29, 1.82) is 0 Å². The number of rotatable bonds is 6. The van der Waals surface area contributed by atoms with Crippen molar-refractivity contribution in [2.75, 3.05) is 0 Å². The molecule has 0 N–H and O–H groups in total. The maximum absolute atomic E-state index is 12.9. The Hall–Kier alpha value is -2.67. The summed E-state index contributed by atoms with van der Waals surface area (Å²) in [4.78, 5) is 28.0. The van der Waals surface area contributed by atoms with Crippen molar-refractivity contribution in [3.8, 4) is 0 Å². The zero-order chi connectivity index (χ0) is 18.7. The Balaban J connectivity index is 1.97. The molecule has 0 amide bonds. The van der Waals surface area contributed by atoms with Crippen molar-refractivity contribution in [3.63, 3.8) is 0 Å². The Bertz CT molecular complexity index is 1010. The molecule has 0 aliphatic carbocycles. The number of nitro groups is 1. The number of hydrogen-bond donors (Lipinski definition) is 0. The van der Waals surface area contributed by atoms with Gasteiger partial charge in [-0.15, -0.1) is 0 Å². The number of thioether (sulfide) groups is 1. The van der Waals surface area contributed by atoms with E-state index in [-0.39, 0.29) is 11.2 Å². The predicted octanol–water partition coefficient (Wildman–Crippen LogP) is 4.25. The van der Waals surface area contributed by atoms with E-state index in [1.54, 1.807) is 22.8 Å². The van der Waals surface area contributed by atoms with E-state index in [4.69, 9.17) is 0 Å². The lowest BCUT2D eigenvalue weighted by molar-refractivity contribution is -0.384. The van der Waals surface area contributed by atoms with Gasteiger partial charge in [0.1, 0.15) is 0 Å². The molecular weight excluding hydrogens is 350 g/mol. The normalized spacial score (nSPS) is 11.2. The van der Waals surface area contributed by atoms with Crippen LogP contribution in [0.4, 0.5) is 5.69 Å². The molecule has 0 bridgehead atoms. The third-order valence-electron chi connectivity index (χ3n) is 3.86. The Morgan fingerprint density at radius 3 is 2.69 bits per heavy atom. The largest absolute Gasteiger partial charge is 0.287 e. The summed E-state index contributed by atoms with van der Waals surface area (Å²) in [6.07, 6.45) is 0. The highest BCUT2D eigenvalue weighted by molar-refractivity contribution is 7.98. The van der Waals surface area contributed by atoms with Crippen LogP contribution in [0.15, 0.2) is 58.5 Å². The Morgan fingerprint density at radius 1 is 1.19 bits per heavy atom. The molecule has 134 valence electrons. The minimum atomic E-state index is -0.406. The van der Waals surface area contributed by atoms with Gasteiger partial charge in [0.25, 0.3) is 11.2 Å². The van der Waals surface area contributed by atoms with Crippen LogP contribution in [0.3, 0.4) is 0 Å². The molecule has 0 radical (unpaired) electrons. The molecule has 2 aromatic carbocycles. The van der Waals surface area contributed by atoms with E-state index >= 15 is 0 Å². The summed E-state index contributed by atoms with van der Waals surface area (Å²) in [5.41, 5.74) is 1.50. The van der Waals surface area contributed by atoms with E-state index in [1.165, 1.54) is 17.8 Å². The van der Waals surface area contributed by atoms with E-state index in [2.05, 4.69) is 18.8 Å². The second-order valence-corrected chi connectivity index (χ2v) is 7.38. The van der Waals surface area contributed by atoms with Gasteiger partial charge >= 0.3 is 0 Å². The third-order valence-corrected chi connectivity index (χ3v) is 4.91. The second kappa shape index (κ2) is 7.70. The summed E-state index contributed by atoms with van der Waals surface area (Å²) >= 11 is 1.42. The van der Waals surface area contributed by atoms with Crippen molar-refractivity contribution in [2.24, 2.45) is 5.92 Å². The highest BCUT2D eigenvalue weighted by Crippen LogP contribution is 2.24. The minimum Gasteiger partial charge on any atom is -0.287 e. The van der Waals surface area contributed by atoms with Crippen LogP contribution in [0.1, 0.15) is 19.4 Å². The molecule has 1 heterocycles. The first-order valence-electron chi connectivity index (χ1n) is 8.31. The maximum atomic E-state index is 12.9. The summed E-state index contributed by atoms with van der Waals surface area (Å²) in [7, 11) is 0. The van der Waals surface area contributed by atoms with Crippen LogP contribution < -0.4 is 5.56 Å². The summed E-state index contributed by atoms with van der Waals surface area (Å²) in [6.45, 7) is 4.68. The van der Waals surface area contributed by atoms with Crippen LogP contribution in [0.2, 0.25) is 0 Å². The van der Waals surface area contributed by atoms with Crippen molar-refractivity contribution >= 4 is 28.4 Å². The topological polar surface area (TPSA) is 78.0 Å². The molecule has 0 atom stereocenters. The number of aromatic nitrogens is 2. The zero-order valence-electron chi connectivity index (χ0n) is 14.6. The number of para-hydroxylation sites is 1. The fourth-order valence-electron chi connectivity index (χ4n) is 2.69. The molecule has 0 saturated carbocycles. The average molecular weight is 369 g/mol. The van der Waals surface area contributed by atoms with Crippen LogP contribution in [0.25, 0.3) is 10.9 Å². The maximum Gasteiger partial charge on any atom is 0.269 e. The van der Waals surface area contributed by atoms with E-state index in [9.17, 15) is 14.9 Å². The summed E-state index contributed by atoms with van der Waals surface area (Å²) in [5, 5.41) is 12.2. The van der Waals surface area contributed by atoms with Gasteiger partial charge in [0.05, 0.1) is 15.8 Å². The van der Waals surface area contributed by atoms with Crippen LogP contribution >= 0.6 is 11.8 Å². The molecule has 3 rings (SSSR count). The lowest BCUT2D eigenvalue weighted by Crippen LogP contribution is -2.25. The average Bonchev–Trinajstić information content (AvgIpc) is 2.62. The molecule has 7 heteroatoms.